The second-order valence-electron chi connectivity index (χ2n) is 15.0. The summed E-state index contributed by atoms with van der Waals surface area (Å²) in [4.78, 5) is 68.1. The summed E-state index contributed by atoms with van der Waals surface area (Å²) >= 11 is 13.0. The van der Waals surface area contributed by atoms with Gasteiger partial charge in [0.05, 0.1) is 29.3 Å². The molecule has 1 unspecified atom stereocenters. The SMILES string of the molecule is COC(=O)[C@H](CNC(=O)CNC1CCCc2ccc(N/C(=N/C(=O)OC(C)(C)C)NC(=O)OC(C)(C)C)cc21)NC(=O)c1c(Cl)cc(-c2ccccc2)cc1Cl. The number of anilines is 1. The molecule has 1 aliphatic carbocycles. The van der Waals surface area contributed by atoms with Crippen molar-refractivity contribution in [2.75, 3.05) is 25.5 Å². The largest absolute Gasteiger partial charge is 0.467 e. The summed E-state index contributed by atoms with van der Waals surface area (Å²) in [5, 5.41) is 14.1. The van der Waals surface area contributed by atoms with E-state index in [1.54, 1.807) is 59.7 Å². The summed E-state index contributed by atoms with van der Waals surface area (Å²) in [5.41, 5.74) is 2.37. The molecule has 0 fully saturated rings. The number of aliphatic imine (C=N–C) groups is 1. The van der Waals surface area contributed by atoms with Crippen molar-refractivity contribution < 1.29 is 38.2 Å². The van der Waals surface area contributed by atoms with E-state index in [1.165, 1.54) is 7.11 Å². The average Bonchev–Trinajstić information content (AvgIpc) is 3.10. The van der Waals surface area contributed by atoms with Crippen molar-refractivity contribution in [3.63, 3.8) is 0 Å². The van der Waals surface area contributed by atoms with Gasteiger partial charge in [0.25, 0.3) is 5.91 Å². The highest BCUT2D eigenvalue weighted by atomic mass is 35.5. The number of esters is 1. The third-order valence-electron chi connectivity index (χ3n) is 8.12. The molecular formula is C40H48Cl2N6O8. The van der Waals surface area contributed by atoms with Crippen LogP contribution in [0.3, 0.4) is 0 Å². The Kier molecular flexibility index (Phi) is 14.9. The van der Waals surface area contributed by atoms with Crippen molar-refractivity contribution in [1.82, 2.24) is 21.3 Å². The van der Waals surface area contributed by atoms with Crippen LogP contribution >= 0.6 is 23.2 Å². The number of rotatable bonds is 10. The van der Waals surface area contributed by atoms with Crippen molar-refractivity contribution in [2.45, 2.75) is 84.1 Å². The quantitative estimate of drug-likeness (QED) is 0.0622. The van der Waals surface area contributed by atoms with E-state index in [2.05, 4.69) is 31.6 Å². The zero-order valence-electron chi connectivity index (χ0n) is 32.4. The first kappa shape index (κ1) is 43.5. The summed E-state index contributed by atoms with van der Waals surface area (Å²) in [6.45, 7) is 9.82. The van der Waals surface area contributed by atoms with Gasteiger partial charge in [0.1, 0.15) is 17.2 Å². The maximum Gasteiger partial charge on any atom is 0.437 e. The Bertz CT molecular complexity index is 1940. The van der Waals surface area contributed by atoms with Gasteiger partial charge in [-0.05, 0) is 107 Å². The lowest BCUT2D eigenvalue weighted by molar-refractivity contribution is -0.142. The summed E-state index contributed by atoms with van der Waals surface area (Å²) in [6, 6.07) is 16.6. The van der Waals surface area contributed by atoms with Crippen molar-refractivity contribution >= 4 is 64.8 Å². The number of hydrogen-bond acceptors (Lipinski definition) is 9. The summed E-state index contributed by atoms with van der Waals surface area (Å²) in [6.07, 6.45) is 0.634. The number of nitrogens with one attached hydrogen (secondary N) is 5. The van der Waals surface area contributed by atoms with E-state index in [1.807, 2.05) is 42.5 Å². The fourth-order valence-electron chi connectivity index (χ4n) is 5.74. The normalized spacial score (nSPS) is 14.7. The van der Waals surface area contributed by atoms with Gasteiger partial charge in [-0.3, -0.25) is 14.9 Å². The van der Waals surface area contributed by atoms with Crippen LogP contribution in [-0.2, 0) is 30.2 Å². The number of benzene rings is 3. The second kappa shape index (κ2) is 19.1. The summed E-state index contributed by atoms with van der Waals surface area (Å²) < 4.78 is 15.5. The Morgan fingerprint density at radius 3 is 2.16 bits per heavy atom. The minimum absolute atomic E-state index is 0.0245. The molecule has 4 amide bonds. The molecule has 0 saturated heterocycles. The van der Waals surface area contributed by atoms with E-state index < -0.39 is 47.2 Å². The molecule has 56 heavy (non-hydrogen) atoms. The molecule has 300 valence electrons. The molecule has 3 aromatic rings. The highest BCUT2D eigenvalue weighted by Gasteiger charge is 2.27. The molecule has 4 rings (SSSR count). The predicted octanol–water partition coefficient (Wildman–Crippen LogP) is 6.94. The Balaban J connectivity index is 1.41. The fraction of sp³-hybridized carbons (Fsp3) is 0.400. The smallest absolute Gasteiger partial charge is 0.437 e. The van der Waals surface area contributed by atoms with Crippen LogP contribution in [0.2, 0.25) is 10.0 Å². The standard InChI is InChI=1S/C40H48Cl2N6O8/c1-39(2,3)55-37(52)47-36(48-38(53)56-40(4,5)6)45-26-17-16-24-14-11-15-30(27(24)20-26)43-22-32(49)44-21-31(35(51)54-7)46-34(50)33-28(41)18-25(19-29(33)42)23-12-9-8-10-13-23/h8-10,12-13,16-20,30-31,43H,11,14-15,21-22H2,1-7H3,(H,44,49)(H,46,50)(H2,45,47,48,52,53)/t30?,31-/m0/s1. The Labute approximate surface area is 336 Å². The molecule has 0 heterocycles. The molecule has 2 atom stereocenters. The minimum atomic E-state index is -1.24. The van der Waals surface area contributed by atoms with Crippen LogP contribution in [0.25, 0.3) is 11.1 Å². The third kappa shape index (κ3) is 13.2. The number of aryl methyl sites for hydroxylation is 1. The van der Waals surface area contributed by atoms with Gasteiger partial charge in [0, 0.05) is 18.3 Å². The summed E-state index contributed by atoms with van der Waals surface area (Å²) in [7, 11) is 1.17. The van der Waals surface area contributed by atoms with Crippen molar-refractivity contribution in [3.8, 4) is 11.1 Å². The lowest BCUT2D eigenvalue weighted by atomic mass is 9.87. The molecule has 3 aromatic carbocycles. The number of carbonyl (C=O) groups excluding carboxylic acids is 5. The number of amides is 4. The van der Waals surface area contributed by atoms with Gasteiger partial charge >= 0.3 is 18.2 Å². The highest BCUT2D eigenvalue weighted by molar-refractivity contribution is 6.40. The number of hydrogen-bond donors (Lipinski definition) is 5. The topological polar surface area (TPSA) is 186 Å². The van der Waals surface area contributed by atoms with Crippen molar-refractivity contribution in [2.24, 2.45) is 4.99 Å². The molecule has 5 N–H and O–H groups in total. The predicted molar refractivity (Wildman–Crippen MR) is 215 cm³/mol. The second-order valence-corrected chi connectivity index (χ2v) is 15.8. The van der Waals surface area contributed by atoms with E-state index >= 15 is 0 Å². The molecule has 0 aliphatic heterocycles. The molecule has 16 heteroatoms. The molecule has 0 radical (unpaired) electrons. The van der Waals surface area contributed by atoms with Gasteiger partial charge < -0.3 is 35.5 Å². The lowest BCUT2D eigenvalue weighted by Crippen LogP contribution is -2.50. The van der Waals surface area contributed by atoms with Gasteiger partial charge in [-0.25, -0.2) is 14.4 Å². The number of carbonyl (C=O) groups is 5. The van der Waals surface area contributed by atoms with E-state index in [9.17, 15) is 24.0 Å². The third-order valence-corrected chi connectivity index (χ3v) is 8.71. The zero-order valence-corrected chi connectivity index (χ0v) is 33.9. The van der Waals surface area contributed by atoms with Gasteiger partial charge in [0.15, 0.2) is 0 Å². The Morgan fingerprint density at radius 1 is 0.875 bits per heavy atom. The number of fused-ring (bicyclic) bond motifs is 1. The maximum absolute atomic E-state index is 13.3. The van der Waals surface area contributed by atoms with Gasteiger partial charge in [-0.2, -0.15) is 0 Å². The monoisotopic (exact) mass is 810 g/mol. The number of guanidine groups is 1. The molecule has 1 aliphatic rings. The molecular weight excluding hydrogens is 763 g/mol. The van der Waals surface area contributed by atoms with Crippen LogP contribution in [0.15, 0.2) is 65.7 Å². The first-order valence-corrected chi connectivity index (χ1v) is 18.7. The molecule has 0 saturated carbocycles. The fourth-order valence-corrected chi connectivity index (χ4v) is 6.40. The number of alkyl carbamates (subject to hydrolysis) is 1. The minimum Gasteiger partial charge on any atom is -0.467 e. The summed E-state index contributed by atoms with van der Waals surface area (Å²) in [5.74, 6) is -2.14. The Hall–Kier alpha value is -5.18. The van der Waals surface area contributed by atoms with Crippen LogP contribution in [0.1, 0.15) is 81.9 Å². The molecule has 14 nitrogen and oxygen atoms in total. The first-order chi connectivity index (χ1) is 26.3. The average molecular weight is 812 g/mol. The molecule has 0 bridgehead atoms. The van der Waals surface area contributed by atoms with Crippen LogP contribution < -0.4 is 26.6 Å². The van der Waals surface area contributed by atoms with Crippen molar-refractivity contribution in [1.29, 1.82) is 0 Å². The van der Waals surface area contributed by atoms with Crippen molar-refractivity contribution in [3.05, 3.63) is 87.4 Å². The number of ether oxygens (including phenoxy) is 3. The molecule has 0 aromatic heterocycles. The van der Waals surface area contributed by atoms with Crippen LogP contribution in [0.4, 0.5) is 15.3 Å². The van der Waals surface area contributed by atoms with Crippen LogP contribution in [0.5, 0.6) is 0 Å². The molecule has 0 spiro atoms. The lowest BCUT2D eigenvalue weighted by Gasteiger charge is -2.27. The zero-order chi connectivity index (χ0) is 41.2. The highest BCUT2D eigenvalue weighted by Crippen LogP contribution is 2.33. The van der Waals surface area contributed by atoms with Gasteiger partial charge in [-0.15, -0.1) is 4.99 Å². The number of methoxy groups -OCH3 is 1. The van der Waals surface area contributed by atoms with E-state index in [-0.39, 0.29) is 40.7 Å². The number of halogens is 2. The van der Waals surface area contributed by atoms with E-state index in [4.69, 9.17) is 37.4 Å². The van der Waals surface area contributed by atoms with Gasteiger partial charge in [-0.1, -0.05) is 59.6 Å². The van der Waals surface area contributed by atoms with E-state index in [0.717, 1.165) is 29.5 Å². The Morgan fingerprint density at radius 2 is 1.54 bits per heavy atom. The van der Waals surface area contributed by atoms with Gasteiger partial charge in [0.2, 0.25) is 11.9 Å². The first-order valence-electron chi connectivity index (χ1n) is 18.0. The van der Waals surface area contributed by atoms with E-state index in [0.29, 0.717) is 17.7 Å². The van der Waals surface area contributed by atoms with Crippen LogP contribution in [-0.4, -0.2) is 73.4 Å². The maximum atomic E-state index is 13.3. The van der Waals surface area contributed by atoms with Crippen LogP contribution in [0, 0.1) is 0 Å². The number of nitrogens with zero attached hydrogens (tertiary/aromatic N) is 1.